The van der Waals surface area contributed by atoms with Gasteiger partial charge in [0, 0.05) is 30.1 Å². The lowest BCUT2D eigenvalue weighted by molar-refractivity contribution is 0.0523. The highest BCUT2D eigenvalue weighted by Crippen LogP contribution is 2.31. The van der Waals surface area contributed by atoms with Gasteiger partial charge >= 0.3 is 5.97 Å². The summed E-state index contributed by atoms with van der Waals surface area (Å²) < 4.78 is 7.05. The van der Waals surface area contributed by atoms with Crippen LogP contribution in [0.1, 0.15) is 48.3 Å². The Bertz CT molecular complexity index is 1310. The number of aromatic nitrogens is 5. The summed E-state index contributed by atoms with van der Waals surface area (Å²) >= 11 is 0. The summed E-state index contributed by atoms with van der Waals surface area (Å²) in [6, 6.07) is 17.7. The molecule has 0 unspecified atom stereocenters. The predicted molar refractivity (Wildman–Crippen MR) is 129 cm³/mol. The van der Waals surface area contributed by atoms with Crippen LogP contribution in [0, 0.1) is 0 Å². The highest BCUT2D eigenvalue weighted by molar-refractivity contribution is 5.89. The first-order valence-electron chi connectivity index (χ1n) is 11.4. The predicted octanol–water partition coefficient (Wildman–Crippen LogP) is 4.26. The van der Waals surface area contributed by atoms with E-state index in [1.807, 2.05) is 53.1 Å². The molecule has 2 aromatic heterocycles. The third kappa shape index (κ3) is 5.11. The van der Waals surface area contributed by atoms with Gasteiger partial charge < -0.3 is 9.30 Å². The average molecular weight is 458 g/mol. The van der Waals surface area contributed by atoms with E-state index in [1.165, 1.54) is 0 Å². The number of rotatable bonds is 9. The van der Waals surface area contributed by atoms with Crippen molar-refractivity contribution < 1.29 is 9.53 Å². The molecule has 0 fully saturated rings. The number of aromatic amines is 1. The zero-order chi connectivity index (χ0) is 23.9. The second-order valence-electron chi connectivity index (χ2n) is 7.98. The Kier molecular flexibility index (Phi) is 7.27. The number of H-pyrrole nitrogens is 1. The maximum absolute atomic E-state index is 12.6. The third-order valence-corrected chi connectivity index (χ3v) is 5.61. The number of carbonyl (C=O) groups is 1. The lowest BCUT2D eigenvalue weighted by atomic mass is 9.97. The first kappa shape index (κ1) is 23.1. The van der Waals surface area contributed by atoms with Crippen molar-refractivity contribution in [2.45, 2.75) is 39.7 Å². The Morgan fingerprint density at radius 2 is 1.88 bits per heavy atom. The summed E-state index contributed by atoms with van der Waals surface area (Å²) in [5.74, 6) is -0.103. The Balaban J connectivity index is 1.77. The normalized spacial score (nSPS) is 10.9. The van der Waals surface area contributed by atoms with Crippen LogP contribution < -0.4 is 5.43 Å². The summed E-state index contributed by atoms with van der Waals surface area (Å²) in [5.41, 5.74) is 4.48. The highest BCUT2D eigenvalue weighted by Gasteiger charge is 2.16. The van der Waals surface area contributed by atoms with Crippen molar-refractivity contribution in [3.63, 3.8) is 0 Å². The average Bonchev–Trinajstić information content (AvgIpc) is 3.39. The number of hydrogen-bond donors (Lipinski definition) is 1. The van der Waals surface area contributed by atoms with Gasteiger partial charge in [-0.05, 0) is 47.7 Å². The number of carbonyl (C=O) groups excluding carboxylic acids is 1. The van der Waals surface area contributed by atoms with Gasteiger partial charge in [0.2, 0.25) is 5.82 Å². The molecule has 4 rings (SSSR count). The van der Waals surface area contributed by atoms with Crippen LogP contribution >= 0.6 is 0 Å². The molecule has 8 nitrogen and oxygen atoms in total. The van der Waals surface area contributed by atoms with Crippen LogP contribution in [0.5, 0.6) is 0 Å². The minimum atomic E-state index is -0.602. The summed E-state index contributed by atoms with van der Waals surface area (Å²) in [7, 11) is 0. The van der Waals surface area contributed by atoms with Gasteiger partial charge in [-0.15, -0.1) is 10.2 Å². The van der Waals surface area contributed by atoms with Gasteiger partial charge in [-0.3, -0.25) is 4.79 Å². The molecule has 174 valence electrons. The topological polar surface area (TPSA) is 103 Å². The summed E-state index contributed by atoms with van der Waals surface area (Å²) in [6.07, 6.45) is 4.31. The Labute approximate surface area is 197 Å². The monoisotopic (exact) mass is 457 g/mol. The van der Waals surface area contributed by atoms with Crippen LogP contribution in [0.4, 0.5) is 0 Å². The van der Waals surface area contributed by atoms with Crippen molar-refractivity contribution in [3.05, 3.63) is 87.8 Å². The number of tetrazole rings is 1. The van der Waals surface area contributed by atoms with Crippen molar-refractivity contribution in [2.24, 2.45) is 0 Å². The van der Waals surface area contributed by atoms with E-state index in [9.17, 15) is 9.59 Å². The van der Waals surface area contributed by atoms with E-state index in [1.54, 1.807) is 19.2 Å². The maximum Gasteiger partial charge on any atom is 0.343 e. The Hall–Kier alpha value is -4.07. The zero-order valence-corrected chi connectivity index (χ0v) is 19.3. The fourth-order valence-electron chi connectivity index (χ4n) is 3.91. The molecular formula is C26H27N5O3. The first-order valence-corrected chi connectivity index (χ1v) is 11.4. The number of aryl methyl sites for hydroxylation is 1. The molecule has 2 aromatic carbocycles. The van der Waals surface area contributed by atoms with Crippen LogP contribution in [-0.2, 0) is 17.7 Å². The van der Waals surface area contributed by atoms with Crippen LogP contribution in [-0.4, -0.2) is 37.8 Å². The fourth-order valence-corrected chi connectivity index (χ4v) is 3.91. The van der Waals surface area contributed by atoms with Crippen LogP contribution in [0.3, 0.4) is 0 Å². The van der Waals surface area contributed by atoms with Crippen LogP contribution in [0.15, 0.2) is 65.6 Å². The van der Waals surface area contributed by atoms with Gasteiger partial charge in [0.25, 0.3) is 0 Å². The number of pyridine rings is 1. The van der Waals surface area contributed by atoms with Crippen molar-refractivity contribution in [1.29, 1.82) is 0 Å². The quantitative estimate of drug-likeness (QED) is 0.377. The summed E-state index contributed by atoms with van der Waals surface area (Å²) in [5, 5.41) is 14.6. The van der Waals surface area contributed by atoms with E-state index in [0.29, 0.717) is 12.4 Å². The molecule has 0 amide bonds. The molecule has 0 aliphatic carbocycles. The largest absolute Gasteiger partial charge is 0.462 e. The van der Waals surface area contributed by atoms with Gasteiger partial charge in [-0.25, -0.2) is 4.79 Å². The molecule has 1 N–H and O–H groups in total. The number of benzene rings is 2. The molecule has 0 aliphatic rings. The van der Waals surface area contributed by atoms with E-state index in [4.69, 9.17) is 4.74 Å². The zero-order valence-electron chi connectivity index (χ0n) is 19.3. The first-order chi connectivity index (χ1) is 16.6. The number of esters is 1. The molecule has 0 saturated carbocycles. The molecule has 8 heteroatoms. The highest BCUT2D eigenvalue weighted by atomic mass is 16.5. The SMILES string of the molecule is CCCCc1cc(=O)c(C(=O)OCC)cn1Cc1ccc(-c2ccccc2)c(-c2nn[nH]n2)c1. The molecule has 2 heterocycles. The smallest absolute Gasteiger partial charge is 0.343 e. The number of nitrogens with zero attached hydrogens (tertiary/aromatic N) is 4. The third-order valence-electron chi connectivity index (χ3n) is 5.61. The minimum Gasteiger partial charge on any atom is -0.462 e. The van der Waals surface area contributed by atoms with Gasteiger partial charge in [-0.2, -0.15) is 5.21 Å². The van der Waals surface area contributed by atoms with E-state index < -0.39 is 5.97 Å². The molecule has 0 atom stereocenters. The van der Waals surface area contributed by atoms with E-state index in [0.717, 1.165) is 47.2 Å². The second-order valence-corrected chi connectivity index (χ2v) is 7.98. The molecular weight excluding hydrogens is 430 g/mol. The second kappa shape index (κ2) is 10.7. The number of hydrogen-bond acceptors (Lipinski definition) is 6. The van der Waals surface area contributed by atoms with Gasteiger partial charge in [0.1, 0.15) is 5.56 Å². The van der Waals surface area contributed by atoms with E-state index >= 15 is 0 Å². The molecule has 0 bridgehead atoms. The molecule has 4 aromatic rings. The Morgan fingerprint density at radius 3 is 2.59 bits per heavy atom. The van der Waals surface area contributed by atoms with Crippen molar-refractivity contribution >= 4 is 5.97 Å². The molecule has 0 spiro atoms. The van der Waals surface area contributed by atoms with E-state index in [-0.39, 0.29) is 17.6 Å². The molecule has 0 radical (unpaired) electrons. The maximum atomic E-state index is 12.6. The van der Waals surface area contributed by atoms with Crippen LogP contribution in [0.25, 0.3) is 22.5 Å². The van der Waals surface area contributed by atoms with Crippen molar-refractivity contribution in [1.82, 2.24) is 25.2 Å². The molecule has 0 saturated heterocycles. The number of unbranched alkanes of at least 4 members (excludes halogenated alkanes) is 1. The van der Waals surface area contributed by atoms with Gasteiger partial charge in [0.05, 0.1) is 6.61 Å². The van der Waals surface area contributed by atoms with E-state index in [2.05, 4.69) is 27.5 Å². The standard InChI is InChI=1S/C26H27N5O3/c1-3-5-11-20-15-24(32)23(26(33)34-4-2)17-31(20)16-18-12-13-21(19-9-7-6-8-10-19)22(14-18)25-27-29-30-28-25/h6-10,12-15,17H,3-5,11,16H2,1-2H3,(H,27,28,29,30). The van der Waals surface area contributed by atoms with Gasteiger partial charge in [-0.1, -0.05) is 55.8 Å². The summed E-state index contributed by atoms with van der Waals surface area (Å²) in [6.45, 7) is 4.52. The molecule has 0 aliphatic heterocycles. The van der Waals surface area contributed by atoms with Crippen LogP contribution in [0.2, 0.25) is 0 Å². The lowest BCUT2D eigenvalue weighted by Gasteiger charge is -2.16. The Morgan fingerprint density at radius 1 is 1.06 bits per heavy atom. The van der Waals surface area contributed by atoms with Crippen molar-refractivity contribution in [2.75, 3.05) is 6.61 Å². The van der Waals surface area contributed by atoms with Crippen molar-refractivity contribution in [3.8, 4) is 22.5 Å². The molecule has 34 heavy (non-hydrogen) atoms. The lowest BCUT2D eigenvalue weighted by Crippen LogP contribution is -2.22. The minimum absolute atomic E-state index is 0.0430. The number of ether oxygens (including phenoxy) is 1. The van der Waals surface area contributed by atoms with Gasteiger partial charge in [0.15, 0.2) is 5.43 Å². The number of nitrogens with one attached hydrogen (secondary N) is 1. The summed E-state index contributed by atoms with van der Waals surface area (Å²) in [4.78, 5) is 24.9. The fraction of sp³-hybridized carbons (Fsp3) is 0.269.